The van der Waals surface area contributed by atoms with Gasteiger partial charge in [0.05, 0.1) is 14.2 Å². The summed E-state index contributed by atoms with van der Waals surface area (Å²) in [5.74, 6) is -0.0125. The van der Waals surface area contributed by atoms with E-state index in [-0.39, 0.29) is 24.1 Å². The van der Waals surface area contributed by atoms with Crippen LogP contribution in [0.5, 0.6) is 11.5 Å². The molecule has 0 saturated heterocycles. The molecular weight excluding hydrogens is 416 g/mol. The Morgan fingerprint density at radius 3 is 2.31 bits per heavy atom. The second-order valence-corrected chi connectivity index (χ2v) is 6.67. The lowest BCUT2D eigenvalue weighted by molar-refractivity contribution is -0.258. The number of hydroxylamine groups is 2. The molecule has 2 aromatic carbocycles. The van der Waals surface area contributed by atoms with E-state index in [1.165, 1.54) is 11.4 Å². The van der Waals surface area contributed by atoms with Gasteiger partial charge in [-0.3, -0.25) is 9.63 Å². The Hall–Kier alpha value is -3.76. The molecule has 1 atom stereocenters. The number of benzene rings is 2. The SMILES string of the molecule is CCOC1(c2ccc(OC)cc2)N=C2ON=CN=C2N1OCC(=O)c1ccc(OC)cc1. The van der Waals surface area contributed by atoms with E-state index in [2.05, 4.69) is 15.1 Å². The van der Waals surface area contributed by atoms with Crippen LogP contribution in [-0.4, -0.2) is 56.4 Å². The van der Waals surface area contributed by atoms with Crippen molar-refractivity contribution >= 4 is 23.9 Å². The minimum atomic E-state index is -1.46. The lowest BCUT2D eigenvalue weighted by Gasteiger charge is -2.35. The number of ether oxygens (including phenoxy) is 3. The number of hydrogen-bond donors (Lipinski definition) is 0. The van der Waals surface area contributed by atoms with Crippen molar-refractivity contribution < 1.29 is 28.7 Å². The van der Waals surface area contributed by atoms with Crippen LogP contribution in [-0.2, 0) is 20.3 Å². The van der Waals surface area contributed by atoms with Crippen LogP contribution in [0.15, 0.2) is 63.7 Å². The van der Waals surface area contributed by atoms with Crippen LogP contribution < -0.4 is 9.47 Å². The Bertz CT molecular complexity index is 1060. The van der Waals surface area contributed by atoms with Crippen LogP contribution in [0.1, 0.15) is 22.8 Å². The van der Waals surface area contributed by atoms with Crippen molar-refractivity contribution in [1.82, 2.24) is 5.06 Å². The van der Waals surface area contributed by atoms with E-state index in [9.17, 15) is 4.79 Å². The first kappa shape index (κ1) is 21.5. The zero-order valence-corrected chi connectivity index (χ0v) is 17.8. The van der Waals surface area contributed by atoms with Crippen molar-refractivity contribution in [2.45, 2.75) is 12.8 Å². The molecule has 32 heavy (non-hydrogen) atoms. The first-order valence-electron chi connectivity index (χ1n) is 9.87. The number of amidine groups is 1. The third kappa shape index (κ3) is 3.93. The van der Waals surface area contributed by atoms with Crippen LogP contribution in [0.4, 0.5) is 0 Å². The average molecular weight is 438 g/mol. The van der Waals surface area contributed by atoms with E-state index in [4.69, 9.17) is 23.9 Å². The summed E-state index contributed by atoms with van der Waals surface area (Å²) < 4.78 is 16.4. The van der Waals surface area contributed by atoms with Gasteiger partial charge in [-0.25, -0.2) is 4.99 Å². The largest absolute Gasteiger partial charge is 0.497 e. The molecule has 10 nitrogen and oxygen atoms in total. The summed E-state index contributed by atoms with van der Waals surface area (Å²) in [6.07, 6.45) is 1.23. The third-order valence-electron chi connectivity index (χ3n) is 4.83. The third-order valence-corrected chi connectivity index (χ3v) is 4.83. The van der Waals surface area contributed by atoms with Gasteiger partial charge in [-0.05, 0) is 55.5 Å². The molecule has 166 valence electrons. The number of rotatable bonds is 9. The second-order valence-electron chi connectivity index (χ2n) is 6.67. The van der Waals surface area contributed by atoms with Crippen molar-refractivity contribution in [2.75, 3.05) is 27.4 Å². The van der Waals surface area contributed by atoms with Crippen LogP contribution in [0.3, 0.4) is 0 Å². The van der Waals surface area contributed by atoms with Gasteiger partial charge in [-0.1, -0.05) is 5.16 Å². The molecular formula is C22H22N4O6. The molecule has 0 radical (unpaired) electrons. The molecule has 0 aliphatic carbocycles. The summed E-state index contributed by atoms with van der Waals surface area (Å²) in [5.41, 5.74) is 1.10. The summed E-state index contributed by atoms with van der Waals surface area (Å²) >= 11 is 0. The number of fused-ring (bicyclic) bond motifs is 1. The predicted molar refractivity (Wildman–Crippen MR) is 116 cm³/mol. The predicted octanol–water partition coefficient (Wildman–Crippen LogP) is 2.75. The highest BCUT2D eigenvalue weighted by Crippen LogP contribution is 2.39. The lowest BCUT2D eigenvalue weighted by atomic mass is 10.1. The van der Waals surface area contributed by atoms with E-state index >= 15 is 0 Å². The number of hydrogen-bond acceptors (Lipinski definition) is 10. The lowest BCUT2D eigenvalue weighted by Crippen LogP contribution is -2.47. The monoisotopic (exact) mass is 438 g/mol. The molecule has 2 aromatic rings. The molecule has 0 fully saturated rings. The van der Waals surface area contributed by atoms with Crippen LogP contribution in [0.2, 0.25) is 0 Å². The number of methoxy groups -OCH3 is 2. The molecule has 0 saturated carbocycles. The van der Waals surface area contributed by atoms with Gasteiger partial charge in [0, 0.05) is 17.7 Å². The van der Waals surface area contributed by atoms with Gasteiger partial charge in [0.15, 0.2) is 12.1 Å². The summed E-state index contributed by atoms with van der Waals surface area (Å²) in [6.45, 7) is 1.84. The van der Waals surface area contributed by atoms with Crippen molar-refractivity contribution in [3.8, 4) is 11.5 Å². The van der Waals surface area contributed by atoms with Gasteiger partial charge in [0.25, 0.3) is 11.7 Å². The molecule has 0 amide bonds. The van der Waals surface area contributed by atoms with Crippen molar-refractivity contribution in [2.24, 2.45) is 15.1 Å². The van der Waals surface area contributed by atoms with Gasteiger partial charge >= 0.3 is 0 Å². The molecule has 0 aromatic heterocycles. The smallest absolute Gasteiger partial charge is 0.294 e. The fourth-order valence-electron chi connectivity index (χ4n) is 3.28. The average Bonchev–Trinajstić information content (AvgIpc) is 3.16. The van der Waals surface area contributed by atoms with Crippen molar-refractivity contribution in [3.05, 3.63) is 59.7 Å². The number of oxime groups is 1. The summed E-state index contributed by atoms with van der Waals surface area (Å²) in [7, 11) is 3.14. The quantitative estimate of drug-likeness (QED) is 0.555. The molecule has 10 heteroatoms. The Kier molecular flexibility index (Phi) is 6.15. The molecule has 2 heterocycles. The van der Waals surface area contributed by atoms with E-state index < -0.39 is 5.85 Å². The van der Waals surface area contributed by atoms with Crippen LogP contribution in [0, 0.1) is 0 Å². The van der Waals surface area contributed by atoms with Crippen molar-refractivity contribution in [1.29, 1.82) is 0 Å². The summed E-state index contributed by atoms with van der Waals surface area (Å²) in [4.78, 5) is 32.8. The zero-order valence-electron chi connectivity index (χ0n) is 17.8. The fourth-order valence-corrected chi connectivity index (χ4v) is 3.28. The number of carbonyl (C=O) groups is 1. The van der Waals surface area contributed by atoms with Crippen LogP contribution >= 0.6 is 0 Å². The second kappa shape index (κ2) is 9.16. The van der Waals surface area contributed by atoms with Gasteiger partial charge in [0.2, 0.25) is 5.84 Å². The number of carbonyl (C=O) groups excluding carboxylic acids is 1. The molecule has 0 bridgehead atoms. The molecule has 2 aliphatic heterocycles. The highest BCUT2D eigenvalue weighted by molar-refractivity contribution is 6.40. The standard InChI is InChI=1S/C22H22N4O6/c1-4-30-22(16-7-11-18(29-3)12-8-16)25-21-20(23-14-24-32-21)26(22)31-13-19(27)15-5-9-17(28-2)10-6-15/h5-12,14H,4,13H2,1-3H3. The summed E-state index contributed by atoms with van der Waals surface area (Å²) in [6, 6.07) is 13.9. The van der Waals surface area contributed by atoms with Gasteiger partial charge < -0.3 is 19.0 Å². The van der Waals surface area contributed by atoms with E-state index in [1.807, 2.05) is 6.92 Å². The molecule has 1 unspecified atom stereocenters. The minimum absolute atomic E-state index is 0.119. The highest BCUT2D eigenvalue weighted by Gasteiger charge is 2.52. The van der Waals surface area contributed by atoms with Gasteiger partial charge in [0.1, 0.15) is 18.1 Å². The number of aliphatic imine (C=N–C) groups is 2. The molecule has 0 N–H and O–H groups in total. The molecule has 0 spiro atoms. The van der Waals surface area contributed by atoms with E-state index in [0.29, 0.717) is 29.2 Å². The van der Waals surface area contributed by atoms with E-state index in [0.717, 1.165) is 0 Å². The maximum Gasteiger partial charge on any atom is 0.294 e. The zero-order chi connectivity index (χ0) is 22.6. The van der Waals surface area contributed by atoms with E-state index in [1.54, 1.807) is 62.8 Å². The number of ketones is 1. The first-order valence-corrected chi connectivity index (χ1v) is 9.87. The first-order chi connectivity index (χ1) is 15.6. The maximum atomic E-state index is 12.8. The minimum Gasteiger partial charge on any atom is -0.497 e. The fraction of sp³-hybridized carbons (Fsp3) is 0.273. The normalized spacial score (nSPS) is 19.0. The Labute approximate surface area is 184 Å². The molecule has 4 rings (SSSR count). The van der Waals surface area contributed by atoms with Crippen LogP contribution in [0.25, 0.3) is 0 Å². The topological polar surface area (TPSA) is 104 Å². The van der Waals surface area contributed by atoms with Gasteiger partial charge in [-0.2, -0.15) is 10.1 Å². The number of Topliss-reactive ketones (excluding diaryl/α,β-unsaturated/α-hetero) is 1. The number of nitrogens with zero attached hydrogens (tertiary/aromatic N) is 4. The highest BCUT2D eigenvalue weighted by atomic mass is 16.7. The Morgan fingerprint density at radius 2 is 1.69 bits per heavy atom. The van der Waals surface area contributed by atoms with Crippen molar-refractivity contribution in [3.63, 3.8) is 0 Å². The summed E-state index contributed by atoms with van der Waals surface area (Å²) in [5, 5.41) is 5.01. The molecule has 2 aliphatic rings. The Balaban J connectivity index is 1.64. The maximum absolute atomic E-state index is 12.8. The van der Waals surface area contributed by atoms with Gasteiger partial charge in [-0.15, -0.1) is 0 Å². The Morgan fingerprint density at radius 1 is 1.03 bits per heavy atom.